The van der Waals surface area contributed by atoms with Gasteiger partial charge in [0.05, 0.1) is 57.5 Å². The molecule has 0 unspecified atom stereocenters. The molecule has 0 saturated carbocycles. The number of aliphatic hydroxyl groups excluding tert-OH is 1. The van der Waals surface area contributed by atoms with Gasteiger partial charge in [0.25, 0.3) is 30.4 Å². The zero-order chi connectivity index (χ0) is 58.9. The summed E-state index contributed by atoms with van der Waals surface area (Å²) in [4.78, 5) is 8.82. The van der Waals surface area contributed by atoms with E-state index in [4.69, 9.17) is 41.6 Å². The van der Waals surface area contributed by atoms with Crippen LogP contribution in [0.15, 0.2) is 113 Å². The Bertz CT molecular complexity index is 4460. The smallest absolute Gasteiger partial charge is 0.425 e. The fourth-order valence-electron chi connectivity index (χ4n) is 7.31. The van der Waals surface area contributed by atoms with E-state index in [0.29, 0.717) is 42.0 Å². The van der Waals surface area contributed by atoms with E-state index in [0.717, 1.165) is 23.1 Å². The van der Waals surface area contributed by atoms with Gasteiger partial charge < -0.3 is 14.9 Å². The number of aromatic hydroxyl groups is 1. The molecule has 0 radical (unpaired) electrons. The molecule has 0 fully saturated rings. The molecule has 80 heavy (non-hydrogen) atoms. The van der Waals surface area contributed by atoms with Crippen molar-refractivity contribution in [2.75, 3.05) is 23.9 Å². The summed E-state index contributed by atoms with van der Waals surface area (Å²) in [6.07, 6.45) is -0.107. The number of aliphatic hydroxyl groups is 1. The van der Waals surface area contributed by atoms with Crippen LogP contribution in [0.4, 0.5) is 33.6 Å². The van der Waals surface area contributed by atoms with Crippen molar-refractivity contribution in [3.05, 3.63) is 100 Å². The summed E-state index contributed by atoms with van der Waals surface area (Å²) >= 11 is 8.41. The molecule has 5 aromatic carbocycles. The summed E-state index contributed by atoms with van der Waals surface area (Å²) in [6, 6.07) is 21.1. The molecule has 0 saturated heterocycles. The number of nitrogens with zero attached hydrogens (tertiary/aromatic N) is 10. The minimum atomic E-state index is -4.69. The first-order valence-corrected chi connectivity index (χ1v) is 30.8. The lowest BCUT2D eigenvalue weighted by atomic mass is 10.1. The number of ether oxygens (including phenoxy) is 1. The molecule has 0 atom stereocenters. The van der Waals surface area contributed by atoms with Gasteiger partial charge in [-0.3, -0.25) is 18.1 Å². The Morgan fingerprint density at radius 3 is 2.06 bits per heavy atom. The number of aromatic nitrogens is 3. The van der Waals surface area contributed by atoms with Crippen molar-refractivity contribution >= 4 is 158 Å². The SMILES string of the molecule is Cc1cc(N=Nc2c(C)c(C#N)c3nc4ccc(Cl)cc4n3c2O)c(OCCCS(=O)(=O)O)cc1N=Nc1cc(CO)c(N=Nc2nc3c(S(=O)(=O)O)cc4ccccc4c3s2)cc1SCCCS(=O)(=O)O.O=S(=O)=O.O=S(=O)=O. The molecule has 0 aliphatic heterocycles. The number of halogens is 1. The first-order chi connectivity index (χ1) is 37.6. The van der Waals surface area contributed by atoms with E-state index in [9.17, 15) is 54.4 Å². The average molecular weight is 1250 g/mol. The lowest BCUT2D eigenvalue weighted by Crippen LogP contribution is -2.08. The molecule has 5 N–H and O–H groups in total. The fraction of sp³-hybridized carbons (Fsp3) is 0.205. The van der Waals surface area contributed by atoms with E-state index >= 15 is 0 Å². The van der Waals surface area contributed by atoms with Gasteiger partial charge in [0.2, 0.25) is 11.0 Å². The Morgan fingerprint density at radius 1 is 0.775 bits per heavy atom. The van der Waals surface area contributed by atoms with Crippen LogP contribution in [0, 0.1) is 25.2 Å². The monoisotopic (exact) mass is 1250 g/mol. The second-order valence-corrected chi connectivity index (χ2v) is 24.0. The maximum absolute atomic E-state index is 12.4. The molecule has 0 spiro atoms. The largest absolute Gasteiger partial charge is 0.493 e. The molecule has 0 aliphatic carbocycles. The Kier molecular flexibility index (Phi) is 20.3. The molecule has 8 aromatic rings. The van der Waals surface area contributed by atoms with Gasteiger partial charge in [-0.15, -0.1) is 62.6 Å². The van der Waals surface area contributed by atoms with Crippen LogP contribution in [0.5, 0.6) is 11.6 Å². The van der Waals surface area contributed by atoms with Crippen molar-refractivity contribution < 1.29 is 79.1 Å². The van der Waals surface area contributed by atoms with Gasteiger partial charge in [-0.25, -0.2) is 9.97 Å². The van der Waals surface area contributed by atoms with Crippen LogP contribution in [0.2, 0.25) is 5.02 Å². The van der Waals surface area contributed by atoms with Crippen LogP contribution in [-0.2, 0) is 58.2 Å². The van der Waals surface area contributed by atoms with E-state index in [1.807, 2.05) is 0 Å². The van der Waals surface area contributed by atoms with Crippen molar-refractivity contribution in [2.24, 2.45) is 30.7 Å². The van der Waals surface area contributed by atoms with Gasteiger partial charge in [0, 0.05) is 32.5 Å². The molecule has 0 amide bonds. The number of azo groups is 3. The van der Waals surface area contributed by atoms with E-state index in [-0.39, 0.29) is 92.4 Å². The molecular weight excluding hydrogens is 1220 g/mol. The number of benzene rings is 5. The minimum Gasteiger partial charge on any atom is -0.493 e. The van der Waals surface area contributed by atoms with Crippen molar-refractivity contribution in [3.8, 4) is 17.7 Å². The van der Waals surface area contributed by atoms with E-state index < -0.39 is 80.5 Å². The van der Waals surface area contributed by atoms with Crippen LogP contribution < -0.4 is 4.74 Å². The highest BCUT2D eigenvalue weighted by molar-refractivity contribution is 7.99. The summed E-state index contributed by atoms with van der Waals surface area (Å²) < 4.78 is 158. The molecule has 420 valence electrons. The van der Waals surface area contributed by atoms with Gasteiger partial charge in [-0.05, 0) is 85.9 Å². The van der Waals surface area contributed by atoms with Crippen LogP contribution in [0.3, 0.4) is 0 Å². The highest BCUT2D eigenvalue weighted by Crippen LogP contribution is 2.44. The first-order valence-electron chi connectivity index (χ1n) is 22.0. The number of fused-ring (bicyclic) bond motifs is 6. The maximum Gasteiger partial charge on any atom is 0.425 e. The summed E-state index contributed by atoms with van der Waals surface area (Å²) in [6.45, 7) is 2.42. The molecule has 28 nitrogen and oxygen atoms in total. The normalized spacial score (nSPS) is 12.1. The highest BCUT2D eigenvalue weighted by atomic mass is 35.5. The van der Waals surface area contributed by atoms with Gasteiger partial charge >= 0.3 is 21.2 Å². The zero-order valence-electron chi connectivity index (χ0n) is 40.6. The van der Waals surface area contributed by atoms with E-state index in [1.54, 1.807) is 56.3 Å². The molecule has 8 rings (SSSR count). The third-order valence-corrected chi connectivity index (χ3v) is 15.5. The number of imidazole rings is 1. The lowest BCUT2D eigenvalue weighted by molar-refractivity contribution is 0.282. The molecule has 3 aromatic heterocycles. The number of hydrogen-bond acceptors (Lipinski definition) is 26. The van der Waals surface area contributed by atoms with Crippen LogP contribution in [0.25, 0.3) is 37.7 Å². The second kappa shape index (κ2) is 26.3. The van der Waals surface area contributed by atoms with Crippen molar-refractivity contribution in [1.82, 2.24) is 14.4 Å². The second-order valence-electron chi connectivity index (χ2n) is 16.1. The summed E-state index contributed by atoms with van der Waals surface area (Å²) in [5.41, 5.74) is 2.55. The fourth-order valence-corrected chi connectivity index (χ4v) is 11.3. The summed E-state index contributed by atoms with van der Waals surface area (Å²) in [7, 11) is -19.5. The predicted octanol–water partition coefficient (Wildman–Crippen LogP) is 9.10. The van der Waals surface area contributed by atoms with Gasteiger partial charge in [0.15, 0.2) is 11.3 Å². The van der Waals surface area contributed by atoms with Gasteiger partial charge in [-0.2, -0.15) is 35.6 Å². The topological polar surface area (TPSA) is 443 Å². The van der Waals surface area contributed by atoms with Crippen LogP contribution in [-0.4, -0.2) is 113 Å². The standard InChI is InChI=1S/C44H37ClN10O12S5.2O3S/c1-23-15-33(51-53-39-24(2)29(21-46)42-47-30-10-9-27(45)18-35(30)55(42)43(39)57)36(67-11-5-13-70(58,59)60)19-31(23)49-52-34-16-26(22-56)32(20-37(34)68-12-6-14-71(61,62)63)50-54-44-48-40-38(72(64,65)66)17-25-7-3-4-8-28(25)41(40)69-44;2*1-4(2)3/h3-4,7-10,15-20,56-57H,5-6,11-14,22H2,1-2H3,(H,58,59,60)(H,61,62,63)(H,64,65,66);;. The summed E-state index contributed by atoms with van der Waals surface area (Å²) in [5.74, 6) is -1.37. The van der Waals surface area contributed by atoms with Gasteiger partial charge in [0.1, 0.15) is 33.5 Å². The Hall–Kier alpha value is -7.34. The number of thioether (sulfide) groups is 1. The van der Waals surface area contributed by atoms with Crippen LogP contribution in [0.1, 0.15) is 35.1 Å². The minimum absolute atomic E-state index is 0.0163. The molecule has 36 heteroatoms. The maximum atomic E-state index is 12.4. The number of pyridine rings is 1. The number of hydrogen-bond donors (Lipinski definition) is 5. The third kappa shape index (κ3) is 16.2. The van der Waals surface area contributed by atoms with Crippen molar-refractivity contribution in [1.29, 1.82) is 5.26 Å². The van der Waals surface area contributed by atoms with E-state index in [2.05, 4.69) is 46.7 Å². The quantitative estimate of drug-likeness (QED) is 0.0231. The number of rotatable bonds is 18. The molecule has 0 aliphatic rings. The first kappa shape index (κ1) is 61.9. The molecule has 0 bridgehead atoms. The third-order valence-electron chi connectivity index (χ3n) is 10.7. The van der Waals surface area contributed by atoms with E-state index in [1.165, 1.54) is 34.7 Å². The van der Waals surface area contributed by atoms with Crippen LogP contribution >= 0.6 is 34.7 Å². The number of aryl methyl sites for hydroxylation is 1. The number of thiazole rings is 1. The Balaban J connectivity index is 0.00000121. The summed E-state index contributed by atoms with van der Waals surface area (Å²) in [5, 5.41) is 60.0. The number of nitriles is 1. The Labute approximate surface area is 468 Å². The average Bonchev–Trinajstić information content (AvgIpc) is 4.15. The lowest BCUT2D eigenvalue weighted by Gasteiger charge is -2.12. The van der Waals surface area contributed by atoms with Crippen molar-refractivity contribution in [3.63, 3.8) is 0 Å². The molecular formula is C44H37ClN10O18S7. The Morgan fingerprint density at radius 2 is 1.41 bits per heavy atom. The van der Waals surface area contributed by atoms with Crippen molar-refractivity contribution in [2.45, 2.75) is 43.1 Å². The molecule has 3 heterocycles. The highest BCUT2D eigenvalue weighted by Gasteiger charge is 2.23. The zero-order valence-corrected chi connectivity index (χ0v) is 47.1. The predicted molar refractivity (Wildman–Crippen MR) is 290 cm³/mol. The van der Waals surface area contributed by atoms with Gasteiger partial charge in [-0.1, -0.05) is 47.2 Å².